The summed E-state index contributed by atoms with van der Waals surface area (Å²) in [7, 11) is 1.96. The first-order valence-electron chi connectivity index (χ1n) is 8.45. The molecule has 0 aromatic carbocycles. The van der Waals surface area contributed by atoms with E-state index >= 15 is 0 Å². The normalized spacial score (nSPS) is 15.6. The zero-order valence-electron chi connectivity index (χ0n) is 14.8. The fourth-order valence-corrected chi connectivity index (χ4v) is 4.75. The van der Waals surface area contributed by atoms with Crippen LogP contribution in [0, 0.1) is 5.13 Å². The Bertz CT molecular complexity index is 1150. The number of nitrogens with zero attached hydrogens (tertiary/aromatic N) is 7. The number of thiazole rings is 2. The highest BCUT2D eigenvalue weighted by molar-refractivity contribution is 7.19. The van der Waals surface area contributed by atoms with Crippen molar-refractivity contribution in [3.05, 3.63) is 44.5 Å². The summed E-state index contributed by atoms with van der Waals surface area (Å²) in [6.07, 6.45) is 3.88. The maximum Gasteiger partial charge on any atom is 0.199 e. The molecule has 1 aliphatic heterocycles. The third-order valence-electron chi connectivity index (χ3n) is 4.48. The molecule has 1 aliphatic rings. The third kappa shape index (κ3) is 3.08. The molecule has 0 saturated carbocycles. The zero-order valence-corrected chi connectivity index (χ0v) is 16.4. The lowest BCUT2D eigenvalue weighted by molar-refractivity contribution is 0.0118. The number of H-pyrrole nitrogens is 1. The third-order valence-corrected chi connectivity index (χ3v) is 6.21. The minimum Gasteiger partial charge on any atom is -0.353 e. The number of hydrazone groups is 1. The van der Waals surface area contributed by atoms with Crippen LogP contribution in [0.2, 0.25) is 0 Å². The van der Waals surface area contributed by atoms with Crippen LogP contribution in [0.15, 0.2) is 16.8 Å². The first kappa shape index (κ1) is 17.4. The average molecular weight is 418 g/mol. The van der Waals surface area contributed by atoms with Crippen molar-refractivity contribution < 1.29 is 9.13 Å². The van der Waals surface area contributed by atoms with Gasteiger partial charge in [-0.1, -0.05) is 11.3 Å². The van der Waals surface area contributed by atoms with Gasteiger partial charge in [-0.2, -0.15) is 24.9 Å². The van der Waals surface area contributed by atoms with Crippen LogP contribution in [-0.4, -0.2) is 47.9 Å². The lowest BCUT2D eigenvalue weighted by Crippen LogP contribution is -2.23. The summed E-state index contributed by atoms with van der Waals surface area (Å²) < 4.78 is 22.6. The van der Waals surface area contributed by atoms with Gasteiger partial charge in [0.05, 0.1) is 47.2 Å². The molecule has 0 aliphatic carbocycles. The molecule has 0 radical (unpaired) electrons. The molecular weight excluding hydrogens is 403 g/mol. The summed E-state index contributed by atoms with van der Waals surface area (Å²) >= 11 is 2.54. The Morgan fingerprint density at radius 2 is 2.32 bits per heavy atom. The Kier molecular flexibility index (Phi) is 4.37. The number of nitrogens with one attached hydrogen (secondary N) is 1. The lowest BCUT2D eigenvalue weighted by Gasteiger charge is -2.20. The molecule has 0 fully saturated rings. The van der Waals surface area contributed by atoms with E-state index < -0.39 is 0 Å². The van der Waals surface area contributed by atoms with Crippen molar-refractivity contribution in [1.29, 1.82) is 0 Å². The Hall–Kier alpha value is -2.70. The molecule has 5 rings (SSSR count). The highest BCUT2D eigenvalue weighted by Gasteiger charge is 2.21. The van der Waals surface area contributed by atoms with Crippen LogP contribution in [0.25, 0.3) is 10.3 Å². The second kappa shape index (κ2) is 7.04. The van der Waals surface area contributed by atoms with Crippen molar-refractivity contribution in [3.63, 3.8) is 0 Å². The van der Waals surface area contributed by atoms with Crippen molar-refractivity contribution >= 4 is 39.2 Å². The molecule has 28 heavy (non-hydrogen) atoms. The first-order chi connectivity index (χ1) is 13.7. The van der Waals surface area contributed by atoms with E-state index in [2.05, 4.69) is 25.5 Å². The summed E-state index contributed by atoms with van der Waals surface area (Å²) in [6.45, 7) is 1.30. The molecular formula is C16H15FN8OS2. The monoisotopic (exact) mass is 418 g/mol. The first-order valence-corrected chi connectivity index (χ1v) is 10.1. The second-order valence-electron chi connectivity index (χ2n) is 6.28. The van der Waals surface area contributed by atoms with Crippen molar-refractivity contribution in [2.75, 3.05) is 6.73 Å². The van der Waals surface area contributed by atoms with Gasteiger partial charge < -0.3 is 9.30 Å². The predicted molar refractivity (Wildman–Crippen MR) is 103 cm³/mol. The summed E-state index contributed by atoms with van der Waals surface area (Å²) in [4.78, 5) is 8.79. The topological polar surface area (TPSA) is 97.1 Å². The maximum atomic E-state index is 13.7. The van der Waals surface area contributed by atoms with E-state index in [1.54, 1.807) is 11.2 Å². The van der Waals surface area contributed by atoms with Gasteiger partial charge in [-0.05, 0) is 0 Å². The number of hydrogen-bond acceptors (Lipinski definition) is 9. The number of ether oxygens (including phenoxy) is 1. The number of hydrogen-bond donors (Lipinski definition) is 1. The summed E-state index contributed by atoms with van der Waals surface area (Å²) in [5.41, 5.74) is 5.57. The molecule has 9 nitrogen and oxygen atoms in total. The summed E-state index contributed by atoms with van der Waals surface area (Å²) in [6, 6.07) is 0. The molecule has 0 atom stereocenters. The summed E-state index contributed by atoms with van der Waals surface area (Å²) in [5, 5.41) is 17.4. The molecule has 5 heterocycles. The maximum absolute atomic E-state index is 13.7. The van der Waals surface area contributed by atoms with Gasteiger partial charge >= 0.3 is 0 Å². The molecule has 0 spiro atoms. The van der Waals surface area contributed by atoms with Gasteiger partial charge in [0.25, 0.3) is 0 Å². The highest BCUT2D eigenvalue weighted by Crippen LogP contribution is 2.32. The van der Waals surface area contributed by atoms with Gasteiger partial charge in [0.2, 0.25) is 0 Å². The van der Waals surface area contributed by atoms with Crippen molar-refractivity contribution in [3.8, 4) is 0 Å². The number of rotatable bonds is 4. The summed E-state index contributed by atoms with van der Waals surface area (Å²) in [5.74, 6) is 0. The fraction of sp³-hybridized carbons (Fsp3) is 0.312. The van der Waals surface area contributed by atoms with Crippen LogP contribution in [-0.2, 0) is 31.4 Å². The van der Waals surface area contributed by atoms with Gasteiger partial charge in [-0.15, -0.1) is 11.3 Å². The molecule has 0 amide bonds. The molecule has 1 N–H and O–H groups in total. The lowest BCUT2D eigenvalue weighted by atomic mass is 10.2. The van der Waals surface area contributed by atoms with Crippen LogP contribution < -0.4 is 0 Å². The number of fused-ring (bicyclic) bond motifs is 3. The van der Waals surface area contributed by atoms with E-state index in [1.807, 2.05) is 17.8 Å². The van der Waals surface area contributed by atoms with Gasteiger partial charge in [0, 0.05) is 19.0 Å². The molecule has 0 bridgehead atoms. The standard InChI is InChI=1S/C16H15FN8OS2/c1-24-12-6-26-8-25(5-9-3-19-23-22-9)20-4-10(12)14-16(24)21-13(28-14)2-11-15(17)27-7-18-11/h3-4,7H,2,5-6,8H2,1H3,(H,19,22,23)/b20-4-. The Morgan fingerprint density at radius 1 is 1.39 bits per heavy atom. The smallest absolute Gasteiger partial charge is 0.199 e. The second-order valence-corrected chi connectivity index (χ2v) is 8.17. The van der Waals surface area contributed by atoms with E-state index in [-0.39, 0.29) is 5.13 Å². The van der Waals surface area contributed by atoms with Crippen LogP contribution >= 0.6 is 22.7 Å². The van der Waals surface area contributed by atoms with Gasteiger partial charge in [-0.3, -0.25) is 5.01 Å². The van der Waals surface area contributed by atoms with E-state index in [1.165, 1.54) is 16.8 Å². The minimum absolute atomic E-state index is 0.256. The van der Waals surface area contributed by atoms with Crippen molar-refractivity contribution in [2.24, 2.45) is 12.1 Å². The van der Waals surface area contributed by atoms with Gasteiger partial charge in [-0.25, -0.2) is 9.97 Å². The van der Waals surface area contributed by atoms with Gasteiger partial charge in [0.15, 0.2) is 10.8 Å². The van der Waals surface area contributed by atoms with Crippen LogP contribution in [0.5, 0.6) is 0 Å². The van der Waals surface area contributed by atoms with Crippen LogP contribution in [0.4, 0.5) is 4.39 Å². The zero-order chi connectivity index (χ0) is 19.1. The van der Waals surface area contributed by atoms with E-state index in [0.29, 0.717) is 32.0 Å². The molecule has 0 unspecified atom stereocenters. The Labute approximate surface area is 166 Å². The highest BCUT2D eigenvalue weighted by atomic mass is 32.1. The number of aromatic amines is 1. The average Bonchev–Trinajstić information content (AvgIpc) is 3.42. The van der Waals surface area contributed by atoms with E-state index in [0.717, 1.165) is 43.6 Å². The molecule has 0 saturated heterocycles. The molecule has 4 aromatic rings. The quantitative estimate of drug-likeness (QED) is 0.546. The minimum atomic E-state index is -0.256. The van der Waals surface area contributed by atoms with Crippen LogP contribution in [0.1, 0.15) is 27.7 Å². The number of halogens is 1. The van der Waals surface area contributed by atoms with Crippen LogP contribution in [0.3, 0.4) is 0 Å². The largest absolute Gasteiger partial charge is 0.353 e. The molecule has 4 aromatic heterocycles. The predicted octanol–water partition coefficient (Wildman–Crippen LogP) is 2.26. The van der Waals surface area contributed by atoms with Gasteiger partial charge in [0.1, 0.15) is 17.4 Å². The van der Waals surface area contributed by atoms with E-state index in [9.17, 15) is 4.39 Å². The number of aryl methyl sites for hydroxylation is 1. The van der Waals surface area contributed by atoms with Crippen molar-refractivity contribution in [2.45, 2.75) is 19.6 Å². The molecule has 144 valence electrons. The fourth-order valence-electron chi connectivity index (χ4n) is 3.09. The Morgan fingerprint density at radius 3 is 3.11 bits per heavy atom. The number of aromatic nitrogens is 6. The van der Waals surface area contributed by atoms with Crippen molar-refractivity contribution in [1.82, 2.24) is 35.0 Å². The Balaban J connectivity index is 1.48. The SMILES string of the molecule is Cn1c2c(c3sc(Cc4ncsc4F)nc31)/C=N\N(Cc1cn[nH]n1)COC2. The van der Waals surface area contributed by atoms with E-state index in [4.69, 9.17) is 9.72 Å². The molecule has 12 heteroatoms.